The molecule has 1 aromatic rings. The summed E-state index contributed by atoms with van der Waals surface area (Å²) in [5, 5.41) is 0. The smallest absolute Gasteiger partial charge is 0.306 e. The van der Waals surface area contributed by atoms with Gasteiger partial charge in [-0.3, -0.25) is 9.10 Å². The predicted molar refractivity (Wildman–Crippen MR) is 76.9 cm³/mol. The van der Waals surface area contributed by atoms with Crippen LogP contribution in [0.3, 0.4) is 0 Å². The number of fused-ring (bicyclic) bond motifs is 1. The molecule has 0 aromatic heterocycles. The third-order valence-electron chi connectivity index (χ3n) is 3.37. The first kappa shape index (κ1) is 14.6. The van der Waals surface area contributed by atoms with E-state index in [1.165, 1.54) is 11.4 Å². The van der Waals surface area contributed by atoms with Crippen LogP contribution in [0, 0.1) is 0 Å². The minimum Gasteiger partial charge on any atom is -0.469 e. The predicted octanol–water partition coefficient (Wildman–Crippen LogP) is 0.914. The first-order chi connectivity index (χ1) is 9.45. The number of methoxy groups -OCH3 is 1. The summed E-state index contributed by atoms with van der Waals surface area (Å²) in [5.74, 6) is -0.785. The van der Waals surface area contributed by atoms with Crippen molar-refractivity contribution in [1.82, 2.24) is 0 Å². The molecule has 0 fully saturated rings. The number of anilines is 2. The van der Waals surface area contributed by atoms with Crippen molar-refractivity contribution in [3.63, 3.8) is 0 Å². The number of hydrogen-bond acceptors (Lipinski definition) is 5. The number of nitrogens with two attached hydrogens (primary N) is 1. The Morgan fingerprint density at radius 2 is 2.20 bits per heavy atom. The van der Waals surface area contributed by atoms with Gasteiger partial charge >= 0.3 is 5.97 Å². The van der Waals surface area contributed by atoms with Gasteiger partial charge in [-0.05, 0) is 30.5 Å². The average Bonchev–Trinajstić information content (AvgIpc) is 2.44. The summed E-state index contributed by atoms with van der Waals surface area (Å²) in [6.07, 6.45) is 1.34. The zero-order valence-electron chi connectivity index (χ0n) is 11.3. The molecule has 0 radical (unpaired) electrons. The fourth-order valence-electron chi connectivity index (χ4n) is 2.33. The number of carbonyl (C=O) groups excluding carboxylic acids is 1. The number of esters is 1. The van der Waals surface area contributed by atoms with Gasteiger partial charge in [-0.1, -0.05) is 6.07 Å². The topological polar surface area (TPSA) is 89.7 Å². The van der Waals surface area contributed by atoms with E-state index < -0.39 is 16.0 Å². The summed E-state index contributed by atoms with van der Waals surface area (Å²) in [5.41, 5.74) is 7.99. The maximum Gasteiger partial charge on any atom is 0.306 e. The zero-order valence-corrected chi connectivity index (χ0v) is 12.1. The summed E-state index contributed by atoms with van der Waals surface area (Å²) in [6, 6.07) is 5.26. The molecule has 20 heavy (non-hydrogen) atoms. The Labute approximate surface area is 118 Å². The van der Waals surface area contributed by atoms with E-state index in [2.05, 4.69) is 4.74 Å². The summed E-state index contributed by atoms with van der Waals surface area (Å²) < 4.78 is 30.5. The van der Waals surface area contributed by atoms with Crippen molar-refractivity contribution in [1.29, 1.82) is 0 Å². The molecule has 6 nitrogen and oxygen atoms in total. The molecule has 1 aromatic carbocycles. The van der Waals surface area contributed by atoms with Crippen LogP contribution in [0.15, 0.2) is 18.2 Å². The molecule has 0 atom stereocenters. The maximum atomic E-state index is 12.4. The van der Waals surface area contributed by atoms with Crippen LogP contribution in [0.1, 0.15) is 18.4 Å². The second-order valence-corrected chi connectivity index (χ2v) is 6.68. The molecule has 1 aliphatic rings. The highest BCUT2D eigenvalue weighted by Gasteiger charge is 2.28. The van der Waals surface area contributed by atoms with Crippen molar-refractivity contribution < 1.29 is 17.9 Å². The lowest BCUT2D eigenvalue weighted by Gasteiger charge is -2.31. The highest BCUT2D eigenvalue weighted by molar-refractivity contribution is 7.92. The molecule has 2 N–H and O–H groups in total. The number of benzene rings is 1. The molecule has 1 aliphatic heterocycles. The SMILES string of the molecule is COC(=O)CCS(=O)(=O)N1CCCc2c(N)cccc21. The van der Waals surface area contributed by atoms with E-state index in [-0.39, 0.29) is 12.2 Å². The Balaban J connectivity index is 2.26. The number of nitrogens with zero attached hydrogens (tertiary/aromatic N) is 1. The minimum absolute atomic E-state index is 0.146. The van der Waals surface area contributed by atoms with Crippen LogP contribution >= 0.6 is 0 Å². The van der Waals surface area contributed by atoms with Crippen LogP contribution in [0.2, 0.25) is 0 Å². The van der Waals surface area contributed by atoms with Crippen molar-refractivity contribution >= 4 is 27.4 Å². The van der Waals surface area contributed by atoms with E-state index in [9.17, 15) is 13.2 Å². The molecule has 0 amide bonds. The summed E-state index contributed by atoms with van der Waals surface area (Å²) in [7, 11) is -2.30. The van der Waals surface area contributed by atoms with Crippen molar-refractivity contribution in [2.24, 2.45) is 0 Å². The number of nitrogen functional groups attached to an aromatic ring is 1. The molecular formula is C13H18N2O4S. The zero-order chi connectivity index (χ0) is 14.8. The lowest BCUT2D eigenvalue weighted by molar-refractivity contribution is -0.140. The highest BCUT2D eigenvalue weighted by atomic mass is 32.2. The van der Waals surface area contributed by atoms with Crippen molar-refractivity contribution in [3.8, 4) is 0 Å². The fourth-order valence-corrected chi connectivity index (χ4v) is 3.85. The summed E-state index contributed by atoms with van der Waals surface area (Å²) in [4.78, 5) is 11.1. The van der Waals surface area contributed by atoms with E-state index in [4.69, 9.17) is 5.73 Å². The fraction of sp³-hybridized carbons (Fsp3) is 0.462. The Hall–Kier alpha value is -1.76. The van der Waals surface area contributed by atoms with Gasteiger partial charge < -0.3 is 10.5 Å². The maximum absolute atomic E-state index is 12.4. The lowest BCUT2D eigenvalue weighted by Crippen LogP contribution is -2.37. The Kier molecular flexibility index (Phi) is 4.17. The largest absolute Gasteiger partial charge is 0.469 e. The summed E-state index contributed by atoms with van der Waals surface area (Å²) in [6.45, 7) is 0.417. The Morgan fingerprint density at radius 1 is 1.45 bits per heavy atom. The van der Waals surface area contributed by atoms with Crippen LogP contribution in [0.5, 0.6) is 0 Å². The van der Waals surface area contributed by atoms with E-state index in [0.29, 0.717) is 17.9 Å². The van der Waals surface area contributed by atoms with Gasteiger partial charge in [0.15, 0.2) is 0 Å². The molecular weight excluding hydrogens is 280 g/mol. The van der Waals surface area contributed by atoms with Crippen LogP contribution < -0.4 is 10.0 Å². The third kappa shape index (κ3) is 2.87. The highest BCUT2D eigenvalue weighted by Crippen LogP contribution is 2.33. The Morgan fingerprint density at radius 3 is 2.90 bits per heavy atom. The first-order valence-electron chi connectivity index (χ1n) is 6.40. The van der Waals surface area contributed by atoms with Crippen molar-refractivity contribution in [2.45, 2.75) is 19.3 Å². The summed E-state index contributed by atoms with van der Waals surface area (Å²) >= 11 is 0. The van der Waals surface area contributed by atoms with E-state index in [1.807, 2.05) is 0 Å². The number of hydrogen-bond donors (Lipinski definition) is 1. The van der Waals surface area contributed by atoms with Gasteiger partial charge in [0.2, 0.25) is 10.0 Å². The van der Waals surface area contributed by atoms with Crippen LogP contribution in [0.4, 0.5) is 11.4 Å². The van der Waals surface area contributed by atoms with Gasteiger partial charge in [0.1, 0.15) is 0 Å². The molecule has 0 bridgehead atoms. The quantitative estimate of drug-likeness (QED) is 0.659. The second-order valence-electron chi connectivity index (χ2n) is 4.66. The normalized spacial score (nSPS) is 14.8. The van der Waals surface area contributed by atoms with Gasteiger partial charge in [0, 0.05) is 12.2 Å². The molecule has 0 saturated carbocycles. The van der Waals surface area contributed by atoms with Crippen LogP contribution in [-0.2, 0) is 26.0 Å². The molecule has 0 aliphatic carbocycles. The molecule has 0 saturated heterocycles. The van der Waals surface area contributed by atoms with Gasteiger partial charge in [-0.15, -0.1) is 0 Å². The molecule has 0 spiro atoms. The molecule has 110 valence electrons. The van der Waals surface area contributed by atoms with E-state index in [0.717, 1.165) is 18.4 Å². The average molecular weight is 298 g/mol. The molecule has 2 rings (SSSR count). The Bertz CT molecular complexity index is 613. The van der Waals surface area contributed by atoms with Gasteiger partial charge in [0.05, 0.1) is 25.0 Å². The van der Waals surface area contributed by atoms with Gasteiger partial charge in [-0.2, -0.15) is 0 Å². The first-order valence-corrected chi connectivity index (χ1v) is 8.01. The molecule has 0 unspecified atom stereocenters. The number of rotatable bonds is 4. The third-order valence-corrected chi connectivity index (χ3v) is 5.14. The second kappa shape index (κ2) is 5.70. The molecule has 7 heteroatoms. The lowest BCUT2D eigenvalue weighted by atomic mass is 10.0. The van der Waals surface area contributed by atoms with Crippen LogP contribution in [0.25, 0.3) is 0 Å². The van der Waals surface area contributed by atoms with Crippen LogP contribution in [-0.4, -0.2) is 33.8 Å². The number of sulfonamides is 1. The van der Waals surface area contributed by atoms with E-state index >= 15 is 0 Å². The monoisotopic (exact) mass is 298 g/mol. The van der Waals surface area contributed by atoms with Gasteiger partial charge in [0.25, 0.3) is 0 Å². The van der Waals surface area contributed by atoms with Crippen molar-refractivity contribution in [3.05, 3.63) is 23.8 Å². The standard InChI is InChI=1S/C13H18N2O4S/c1-19-13(16)7-9-20(17,18)15-8-3-4-10-11(14)5-2-6-12(10)15/h2,5-6H,3-4,7-9,14H2,1H3. The molecule has 1 heterocycles. The van der Waals surface area contributed by atoms with Gasteiger partial charge in [-0.25, -0.2) is 8.42 Å². The number of ether oxygens (including phenoxy) is 1. The van der Waals surface area contributed by atoms with Crippen molar-refractivity contribution in [2.75, 3.05) is 29.4 Å². The number of carbonyl (C=O) groups is 1. The van der Waals surface area contributed by atoms with E-state index in [1.54, 1.807) is 18.2 Å². The minimum atomic E-state index is -3.54.